The fraction of sp³-hybridized carbons (Fsp3) is 0.0800. The third kappa shape index (κ3) is 4.42. The first-order valence-electron chi connectivity index (χ1n) is 10.6. The van der Waals surface area contributed by atoms with Gasteiger partial charge in [-0.3, -0.25) is 8.51 Å². The van der Waals surface area contributed by atoms with Gasteiger partial charge in [0.1, 0.15) is 17.8 Å². The molecule has 5 rings (SSSR count). The summed E-state index contributed by atoms with van der Waals surface area (Å²) in [6.07, 6.45) is 0.987. The van der Waals surface area contributed by atoms with E-state index in [2.05, 4.69) is 0 Å². The molecular formula is C25H20ClN4O4S-. The molecule has 0 saturated carbocycles. The van der Waals surface area contributed by atoms with E-state index >= 15 is 0 Å². The number of amidine groups is 1. The normalized spacial score (nSPS) is 15.8. The second-order valence-corrected chi connectivity index (χ2v) is 8.90. The first-order valence-corrected chi connectivity index (χ1v) is 12.0. The molecule has 1 aliphatic heterocycles. The molecule has 2 heterocycles. The van der Waals surface area contributed by atoms with Gasteiger partial charge >= 0.3 is 0 Å². The lowest BCUT2D eigenvalue weighted by atomic mass is 10.1. The summed E-state index contributed by atoms with van der Waals surface area (Å²) < 4.78 is 36.1. The van der Waals surface area contributed by atoms with Crippen molar-refractivity contribution in [3.63, 3.8) is 0 Å². The van der Waals surface area contributed by atoms with Crippen LogP contribution in [0.1, 0.15) is 17.3 Å². The van der Waals surface area contributed by atoms with Crippen LogP contribution in [0, 0.1) is 0 Å². The summed E-state index contributed by atoms with van der Waals surface area (Å²) in [4.78, 5) is 6.59. The number of aliphatic imine (C=N–C) groups is 1. The summed E-state index contributed by atoms with van der Waals surface area (Å²) in [5, 5.41) is 0.435. The number of ether oxygens (including phenoxy) is 1. The molecular weight excluding hydrogens is 488 g/mol. The van der Waals surface area contributed by atoms with Crippen molar-refractivity contribution in [2.75, 3.05) is 16.3 Å². The average Bonchev–Trinajstić information content (AvgIpc) is 3.34. The van der Waals surface area contributed by atoms with Crippen molar-refractivity contribution in [2.45, 2.75) is 6.17 Å². The van der Waals surface area contributed by atoms with Gasteiger partial charge in [0.25, 0.3) is 0 Å². The van der Waals surface area contributed by atoms with E-state index in [0.717, 1.165) is 22.6 Å². The smallest absolute Gasteiger partial charge is 0.227 e. The molecule has 178 valence electrons. The molecule has 8 nitrogen and oxygen atoms in total. The molecule has 0 bridgehead atoms. The van der Waals surface area contributed by atoms with Crippen LogP contribution in [-0.4, -0.2) is 21.7 Å². The van der Waals surface area contributed by atoms with Crippen molar-refractivity contribution < 1.29 is 17.9 Å². The van der Waals surface area contributed by atoms with Crippen LogP contribution in [-0.2, 0) is 11.3 Å². The van der Waals surface area contributed by atoms with Crippen LogP contribution in [0.15, 0.2) is 94.5 Å². The number of nitrogens with zero attached hydrogens (tertiary/aromatic N) is 3. The van der Waals surface area contributed by atoms with Crippen LogP contribution in [0.5, 0.6) is 5.75 Å². The zero-order valence-corrected chi connectivity index (χ0v) is 20.1. The van der Waals surface area contributed by atoms with E-state index < -0.39 is 17.4 Å². The van der Waals surface area contributed by atoms with Crippen LogP contribution in [0.4, 0.5) is 22.9 Å². The van der Waals surface area contributed by atoms with Gasteiger partial charge < -0.3 is 24.3 Å². The van der Waals surface area contributed by atoms with E-state index in [0.29, 0.717) is 28.1 Å². The Labute approximate surface area is 209 Å². The van der Waals surface area contributed by atoms with Crippen LogP contribution in [0.3, 0.4) is 0 Å². The molecule has 35 heavy (non-hydrogen) atoms. The number of anilines is 3. The summed E-state index contributed by atoms with van der Waals surface area (Å²) >= 11 is 3.51. The number of rotatable bonds is 6. The highest BCUT2D eigenvalue weighted by molar-refractivity contribution is 7.81. The molecule has 0 fully saturated rings. The van der Waals surface area contributed by atoms with Crippen molar-refractivity contribution in [3.05, 3.63) is 101 Å². The number of furan rings is 1. The Morgan fingerprint density at radius 2 is 1.83 bits per heavy atom. The highest BCUT2D eigenvalue weighted by Gasteiger charge is 2.31. The number of fused-ring (bicyclic) bond motifs is 1. The Kier molecular flexibility index (Phi) is 6.31. The molecule has 2 unspecified atom stereocenters. The van der Waals surface area contributed by atoms with Gasteiger partial charge in [-0.2, -0.15) is 4.99 Å². The fourth-order valence-corrected chi connectivity index (χ4v) is 4.71. The topological polar surface area (TPSA) is 107 Å². The highest BCUT2D eigenvalue weighted by atomic mass is 35.5. The molecule has 2 atom stereocenters. The molecule has 10 heteroatoms. The van der Waals surface area contributed by atoms with Crippen molar-refractivity contribution in [1.29, 1.82) is 0 Å². The van der Waals surface area contributed by atoms with Crippen molar-refractivity contribution in [2.24, 2.45) is 10.7 Å². The lowest BCUT2D eigenvalue weighted by Gasteiger charge is -2.35. The number of hydrogen-bond donors (Lipinski definition) is 1. The maximum absolute atomic E-state index is 12.1. The second-order valence-electron chi connectivity index (χ2n) is 7.67. The molecule has 1 aromatic heterocycles. The molecule has 0 saturated heterocycles. The highest BCUT2D eigenvalue weighted by Crippen LogP contribution is 2.39. The van der Waals surface area contributed by atoms with E-state index in [1.54, 1.807) is 68.0 Å². The summed E-state index contributed by atoms with van der Waals surface area (Å²) in [7, 11) is 1.60. The van der Waals surface area contributed by atoms with Gasteiger partial charge in [0.05, 0.1) is 41.6 Å². The quantitative estimate of drug-likeness (QED) is 0.349. The van der Waals surface area contributed by atoms with Gasteiger partial charge in [0.2, 0.25) is 5.88 Å². The van der Waals surface area contributed by atoms with Crippen molar-refractivity contribution in [3.8, 4) is 5.75 Å². The van der Waals surface area contributed by atoms with Gasteiger partial charge in [-0.1, -0.05) is 17.7 Å². The second kappa shape index (κ2) is 9.55. The summed E-state index contributed by atoms with van der Waals surface area (Å²) in [5.41, 5.74) is 9.80. The largest absolute Gasteiger partial charge is 0.755 e. The van der Waals surface area contributed by atoms with Crippen LogP contribution >= 0.6 is 11.6 Å². The first-order chi connectivity index (χ1) is 17.0. The zero-order valence-electron chi connectivity index (χ0n) is 18.5. The van der Waals surface area contributed by atoms with Gasteiger partial charge in [-0.25, -0.2) is 0 Å². The number of nitrogens with two attached hydrogens (primary N) is 1. The SMILES string of the molecule is COc1ccc(C2=Nc3occc3C(N)N2c2ccc(N(c3cccc(Cl)c3)S(=O)[O-])cc2)cc1. The molecule has 0 radical (unpaired) electrons. The molecule has 0 amide bonds. The summed E-state index contributed by atoms with van der Waals surface area (Å²) in [5.74, 6) is 1.76. The minimum absolute atomic E-state index is 0.428. The Morgan fingerprint density at radius 1 is 1.09 bits per heavy atom. The van der Waals surface area contributed by atoms with Crippen LogP contribution < -0.4 is 19.7 Å². The predicted molar refractivity (Wildman–Crippen MR) is 136 cm³/mol. The van der Waals surface area contributed by atoms with E-state index in [-0.39, 0.29) is 0 Å². The van der Waals surface area contributed by atoms with Gasteiger partial charge in [-0.05, 0) is 72.8 Å². The minimum atomic E-state index is -2.56. The Bertz CT molecular complexity index is 1410. The van der Waals surface area contributed by atoms with E-state index in [1.807, 2.05) is 29.2 Å². The third-order valence-corrected chi connectivity index (χ3v) is 6.56. The summed E-state index contributed by atoms with van der Waals surface area (Å²) in [6.45, 7) is 0. The zero-order chi connectivity index (χ0) is 24.5. The molecule has 1 aliphatic rings. The van der Waals surface area contributed by atoms with E-state index in [4.69, 9.17) is 31.5 Å². The Balaban J connectivity index is 1.55. The Morgan fingerprint density at radius 3 is 2.49 bits per heavy atom. The lowest BCUT2D eigenvalue weighted by Crippen LogP contribution is -2.42. The van der Waals surface area contributed by atoms with Gasteiger partial charge in [0, 0.05) is 16.3 Å². The molecule has 3 aromatic carbocycles. The fourth-order valence-electron chi connectivity index (χ4n) is 3.95. The summed E-state index contributed by atoms with van der Waals surface area (Å²) in [6, 6.07) is 22.9. The van der Waals surface area contributed by atoms with Gasteiger partial charge in [0.15, 0.2) is 0 Å². The number of halogens is 1. The Hall–Kier alpha value is -3.63. The average molecular weight is 508 g/mol. The molecule has 4 aromatic rings. The molecule has 0 aliphatic carbocycles. The van der Waals surface area contributed by atoms with Gasteiger partial charge in [-0.15, -0.1) is 0 Å². The lowest BCUT2D eigenvalue weighted by molar-refractivity contribution is 0.415. The maximum Gasteiger partial charge on any atom is 0.227 e. The minimum Gasteiger partial charge on any atom is -0.755 e. The standard InChI is InChI=1S/C25H21ClN4O4S/c1-33-21-11-5-16(6-12-21)24-28-25-22(13-14-34-25)23(27)29(24)18-7-9-19(10-8-18)30(35(31)32)20-4-2-3-17(26)15-20/h2-15,23H,27H2,1H3,(H,31,32)/p-1. The van der Waals surface area contributed by atoms with E-state index in [9.17, 15) is 8.76 Å². The van der Waals surface area contributed by atoms with E-state index in [1.165, 1.54) is 4.31 Å². The first kappa shape index (κ1) is 23.1. The predicted octanol–water partition coefficient (Wildman–Crippen LogP) is 5.43. The third-order valence-electron chi connectivity index (χ3n) is 5.61. The van der Waals surface area contributed by atoms with Crippen LogP contribution in [0.25, 0.3) is 0 Å². The number of hydrogen-bond acceptors (Lipinski definition) is 7. The van der Waals surface area contributed by atoms with Crippen molar-refractivity contribution in [1.82, 2.24) is 0 Å². The monoisotopic (exact) mass is 507 g/mol. The molecule has 0 spiro atoms. The molecule has 2 N–H and O–H groups in total. The maximum atomic E-state index is 12.1. The number of methoxy groups -OCH3 is 1. The van der Waals surface area contributed by atoms with Crippen molar-refractivity contribution >= 4 is 51.6 Å². The van der Waals surface area contributed by atoms with Crippen LogP contribution in [0.2, 0.25) is 5.02 Å². The number of benzene rings is 3.